The maximum Gasteiger partial charge on any atom is 0.318 e. The second kappa shape index (κ2) is 9.24. The lowest BCUT2D eigenvalue weighted by molar-refractivity contribution is 0.192. The van der Waals surface area contributed by atoms with Crippen LogP contribution in [0.1, 0.15) is 28.3 Å². The molecule has 5 rings (SSSR count). The Morgan fingerprint density at radius 3 is 2.12 bits per heavy atom. The molecule has 0 aliphatic carbocycles. The molecule has 2 heterocycles. The van der Waals surface area contributed by atoms with Gasteiger partial charge in [0.15, 0.2) is 5.13 Å². The number of hydrogen-bond acceptors (Lipinski definition) is 4. The molecule has 2 amide bonds. The standard InChI is InChI=1S/C27H28N4OS/c1-19-17-20(2)24-23(18-19)33-27(29-24)31-15-13-30(14-16-31)26(32)28-25(21-9-5-3-6-10-21)22-11-7-4-8-12-22/h3-12,17-18,25H,13-16H2,1-2H3,(H,28,32). The van der Waals surface area contributed by atoms with Gasteiger partial charge < -0.3 is 15.1 Å². The van der Waals surface area contributed by atoms with Gasteiger partial charge in [-0.3, -0.25) is 0 Å². The van der Waals surface area contributed by atoms with Crippen molar-refractivity contribution in [2.75, 3.05) is 31.1 Å². The summed E-state index contributed by atoms with van der Waals surface area (Å²) in [5.74, 6) is 0. The van der Waals surface area contributed by atoms with Crippen molar-refractivity contribution < 1.29 is 4.79 Å². The SMILES string of the molecule is Cc1cc(C)c2nc(N3CCN(C(=O)NC(c4ccccc4)c4ccccc4)CC3)sc2c1. The van der Waals surface area contributed by atoms with Crippen molar-refractivity contribution in [1.29, 1.82) is 0 Å². The van der Waals surface area contributed by atoms with Crippen LogP contribution in [0.15, 0.2) is 72.8 Å². The monoisotopic (exact) mass is 456 g/mol. The van der Waals surface area contributed by atoms with Gasteiger partial charge in [0.25, 0.3) is 0 Å². The number of aryl methyl sites for hydroxylation is 2. The van der Waals surface area contributed by atoms with Gasteiger partial charge >= 0.3 is 6.03 Å². The number of carbonyl (C=O) groups is 1. The second-order valence-corrected chi connectivity index (χ2v) is 9.61. The van der Waals surface area contributed by atoms with E-state index in [0.29, 0.717) is 13.1 Å². The van der Waals surface area contributed by atoms with Crippen molar-refractivity contribution in [2.24, 2.45) is 0 Å². The van der Waals surface area contributed by atoms with Crippen LogP contribution in [0.25, 0.3) is 10.2 Å². The number of rotatable bonds is 4. The average Bonchev–Trinajstić information content (AvgIpc) is 3.28. The van der Waals surface area contributed by atoms with Gasteiger partial charge in [-0.2, -0.15) is 0 Å². The normalized spacial score (nSPS) is 14.2. The van der Waals surface area contributed by atoms with E-state index in [1.54, 1.807) is 11.3 Å². The van der Waals surface area contributed by atoms with E-state index in [1.165, 1.54) is 15.8 Å². The second-order valence-electron chi connectivity index (χ2n) is 8.60. The zero-order chi connectivity index (χ0) is 22.8. The minimum absolute atomic E-state index is 0.0249. The van der Waals surface area contributed by atoms with Crippen molar-refractivity contribution in [3.63, 3.8) is 0 Å². The van der Waals surface area contributed by atoms with Crippen LogP contribution in [0.4, 0.5) is 9.93 Å². The van der Waals surface area contributed by atoms with E-state index in [1.807, 2.05) is 41.3 Å². The van der Waals surface area contributed by atoms with Gasteiger partial charge in [0.2, 0.25) is 0 Å². The molecule has 168 valence electrons. The first-order chi connectivity index (χ1) is 16.1. The lowest BCUT2D eigenvalue weighted by Crippen LogP contribution is -2.52. The molecule has 0 saturated carbocycles. The Kier molecular flexibility index (Phi) is 6.01. The van der Waals surface area contributed by atoms with E-state index < -0.39 is 0 Å². The topological polar surface area (TPSA) is 48.5 Å². The van der Waals surface area contributed by atoms with Crippen molar-refractivity contribution in [1.82, 2.24) is 15.2 Å². The molecule has 33 heavy (non-hydrogen) atoms. The highest BCUT2D eigenvalue weighted by Crippen LogP contribution is 2.32. The van der Waals surface area contributed by atoms with Crippen molar-refractivity contribution in [3.8, 4) is 0 Å². The number of amides is 2. The Labute approximate surface area is 198 Å². The van der Waals surface area contributed by atoms with Gasteiger partial charge in [-0.15, -0.1) is 0 Å². The van der Waals surface area contributed by atoms with Crippen LogP contribution in [0.3, 0.4) is 0 Å². The summed E-state index contributed by atoms with van der Waals surface area (Å²) in [6, 6.07) is 24.5. The number of fused-ring (bicyclic) bond motifs is 1. The highest BCUT2D eigenvalue weighted by molar-refractivity contribution is 7.22. The van der Waals surface area contributed by atoms with E-state index in [-0.39, 0.29) is 12.1 Å². The number of aromatic nitrogens is 1. The molecule has 1 N–H and O–H groups in total. The van der Waals surface area contributed by atoms with Crippen LogP contribution in [0, 0.1) is 13.8 Å². The fourth-order valence-corrected chi connectivity index (χ4v) is 5.65. The zero-order valence-corrected chi connectivity index (χ0v) is 19.8. The van der Waals surface area contributed by atoms with E-state index in [4.69, 9.17) is 4.98 Å². The first-order valence-corrected chi connectivity index (χ1v) is 12.2. The molecule has 0 bridgehead atoms. The summed E-state index contributed by atoms with van der Waals surface area (Å²) in [5, 5.41) is 4.31. The maximum absolute atomic E-state index is 13.2. The Morgan fingerprint density at radius 1 is 0.909 bits per heavy atom. The van der Waals surface area contributed by atoms with Crippen LogP contribution in [-0.4, -0.2) is 42.1 Å². The number of urea groups is 1. The number of piperazine rings is 1. The van der Waals surface area contributed by atoms with E-state index in [9.17, 15) is 4.79 Å². The summed E-state index contributed by atoms with van der Waals surface area (Å²) in [6.45, 7) is 7.17. The number of carbonyl (C=O) groups excluding carboxylic acids is 1. The third-order valence-corrected chi connectivity index (χ3v) is 7.25. The van der Waals surface area contributed by atoms with Crippen LogP contribution in [0.5, 0.6) is 0 Å². The lowest BCUT2D eigenvalue weighted by atomic mass is 9.99. The summed E-state index contributed by atoms with van der Waals surface area (Å²) >= 11 is 1.74. The first-order valence-electron chi connectivity index (χ1n) is 11.4. The minimum Gasteiger partial charge on any atom is -0.345 e. The quantitative estimate of drug-likeness (QED) is 0.439. The lowest BCUT2D eigenvalue weighted by Gasteiger charge is -2.35. The Hall–Kier alpha value is -3.38. The maximum atomic E-state index is 13.2. The molecule has 4 aromatic rings. The van der Waals surface area contributed by atoms with Gasteiger partial charge in [0.05, 0.1) is 16.3 Å². The third kappa shape index (κ3) is 4.57. The smallest absolute Gasteiger partial charge is 0.318 e. The van der Waals surface area contributed by atoms with Crippen LogP contribution >= 0.6 is 11.3 Å². The van der Waals surface area contributed by atoms with Gasteiger partial charge in [-0.1, -0.05) is 78.1 Å². The van der Waals surface area contributed by atoms with Gasteiger partial charge in [-0.25, -0.2) is 9.78 Å². The number of thiazole rings is 1. The first kappa shape index (κ1) is 21.5. The summed E-state index contributed by atoms with van der Waals surface area (Å²) in [5.41, 5.74) is 5.74. The molecular formula is C27H28N4OS. The molecular weight excluding hydrogens is 428 g/mol. The molecule has 5 nitrogen and oxygen atoms in total. The molecule has 1 fully saturated rings. The molecule has 1 aliphatic heterocycles. The third-order valence-electron chi connectivity index (χ3n) is 6.19. The van der Waals surface area contributed by atoms with Gasteiger partial charge in [0.1, 0.15) is 0 Å². The fourth-order valence-electron chi connectivity index (χ4n) is 4.46. The largest absolute Gasteiger partial charge is 0.345 e. The number of nitrogens with one attached hydrogen (secondary N) is 1. The molecule has 0 unspecified atom stereocenters. The van der Waals surface area contributed by atoms with Crippen LogP contribution in [0.2, 0.25) is 0 Å². The molecule has 1 saturated heterocycles. The summed E-state index contributed by atoms with van der Waals surface area (Å²) in [6.07, 6.45) is 0. The highest BCUT2D eigenvalue weighted by Gasteiger charge is 2.26. The van der Waals surface area contributed by atoms with Crippen molar-refractivity contribution >= 4 is 32.7 Å². The molecule has 0 radical (unpaired) electrons. The Balaban J connectivity index is 1.28. The number of benzene rings is 3. The zero-order valence-electron chi connectivity index (χ0n) is 19.0. The summed E-state index contributed by atoms with van der Waals surface area (Å²) in [4.78, 5) is 22.3. The highest BCUT2D eigenvalue weighted by atomic mass is 32.1. The molecule has 1 aliphatic rings. The van der Waals surface area contributed by atoms with E-state index >= 15 is 0 Å². The molecule has 1 aromatic heterocycles. The summed E-state index contributed by atoms with van der Waals surface area (Å²) < 4.78 is 1.23. The summed E-state index contributed by atoms with van der Waals surface area (Å²) in [7, 11) is 0. The number of hydrogen-bond donors (Lipinski definition) is 1. The van der Waals surface area contributed by atoms with Crippen LogP contribution < -0.4 is 10.2 Å². The van der Waals surface area contributed by atoms with Crippen LogP contribution in [-0.2, 0) is 0 Å². The fraction of sp³-hybridized carbons (Fsp3) is 0.259. The van der Waals surface area contributed by atoms with Gasteiger partial charge in [0, 0.05) is 26.2 Å². The average molecular weight is 457 g/mol. The molecule has 0 spiro atoms. The molecule has 3 aromatic carbocycles. The van der Waals surface area contributed by atoms with Crippen molar-refractivity contribution in [3.05, 3.63) is 95.1 Å². The van der Waals surface area contributed by atoms with Gasteiger partial charge in [-0.05, 0) is 42.2 Å². The Bertz CT molecular complexity index is 1210. The Morgan fingerprint density at radius 2 is 1.52 bits per heavy atom. The van der Waals surface area contributed by atoms with E-state index in [0.717, 1.165) is 34.9 Å². The van der Waals surface area contributed by atoms with E-state index in [2.05, 4.69) is 60.5 Å². The molecule has 6 heteroatoms. The predicted octanol–water partition coefficient (Wildman–Crippen LogP) is 5.53. The molecule has 0 atom stereocenters. The van der Waals surface area contributed by atoms with Crippen molar-refractivity contribution in [2.45, 2.75) is 19.9 Å². The minimum atomic E-state index is -0.173. The number of nitrogens with zero attached hydrogens (tertiary/aromatic N) is 3. The number of anilines is 1. The predicted molar refractivity (Wildman–Crippen MR) is 136 cm³/mol.